The second-order valence-electron chi connectivity index (χ2n) is 5.32. The molecule has 2 rings (SSSR count). The van der Waals surface area contributed by atoms with Crippen molar-refractivity contribution in [3.63, 3.8) is 0 Å². The van der Waals surface area contributed by atoms with Crippen molar-refractivity contribution in [2.24, 2.45) is 0 Å². The van der Waals surface area contributed by atoms with Crippen LogP contribution in [0.1, 0.15) is 39.2 Å². The summed E-state index contributed by atoms with van der Waals surface area (Å²) in [5, 5.41) is 0. The molecule has 1 saturated carbocycles. The smallest absolute Gasteiger partial charge is 0.121 e. The van der Waals surface area contributed by atoms with Crippen molar-refractivity contribution in [1.82, 2.24) is 0 Å². The van der Waals surface area contributed by atoms with Crippen LogP contribution in [0.4, 0.5) is 5.69 Å². The second-order valence-corrected chi connectivity index (χ2v) is 5.32. The monoisotopic (exact) mass is 205 g/mol. The minimum absolute atomic E-state index is 0.0994. The zero-order valence-electron chi connectivity index (χ0n) is 9.71. The Bertz CT molecular complexity index is 361. The fourth-order valence-corrected chi connectivity index (χ4v) is 1.68. The second kappa shape index (κ2) is 3.44. The number of hydrogen-bond acceptors (Lipinski definition) is 2. The lowest BCUT2D eigenvalue weighted by molar-refractivity contribution is 0.303. The van der Waals surface area contributed by atoms with Gasteiger partial charge in [-0.05, 0) is 29.9 Å². The number of rotatable bonds is 2. The van der Waals surface area contributed by atoms with E-state index in [0.29, 0.717) is 6.10 Å². The summed E-state index contributed by atoms with van der Waals surface area (Å²) in [5.74, 6) is 0.906. The van der Waals surface area contributed by atoms with Gasteiger partial charge in [0.2, 0.25) is 0 Å². The summed E-state index contributed by atoms with van der Waals surface area (Å²) in [6.45, 7) is 6.50. The zero-order chi connectivity index (χ0) is 11.1. The SMILES string of the molecule is CC(C)(C)c1ccc(OC2CC2)cc1N. The lowest BCUT2D eigenvalue weighted by Crippen LogP contribution is -2.14. The Labute approximate surface area is 91.4 Å². The van der Waals surface area contributed by atoms with E-state index in [1.807, 2.05) is 12.1 Å². The molecule has 0 saturated heterocycles. The van der Waals surface area contributed by atoms with E-state index in [1.54, 1.807) is 0 Å². The average molecular weight is 205 g/mol. The van der Waals surface area contributed by atoms with Crippen molar-refractivity contribution in [3.8, 4) is 5.75 Å². The topological polar surface area (TPSA) is 35.2 Å². The maximum absolute atomic E-state index is 6.02. The van der Waals surface area contributed by atoms with Crippen LogP contribution in [0, 0.1) is 0 Å². The molecule has 2 N–H and O–H groups in total. The maximum Gasteiger partial charge on any atom is 0.121 e. The standard InChI is InChI=1S/C13H19NO/c1-13(2,3)11-7-6-10(8-12(11)14)15-9-4-5-9/h6-9H,4-5,14H2,1-3H3. The van der Waals surface area contributed by atoms with Crippen molar-refractivity contribution >= 4 is 5.69 Å². The molecule has 0 unspecified atom stereocenters. The molecule has 82 valence electrons. The van der Waals surface area contributed by atoms with Crippen LogP contribution >= 0.6 is 0 Å². The van der Waals surface area contributed by atoms with Crippen LogP contribution in [0.5, 0.6) is 5.75 Å². The number of nitrogens with two attached hydrogens (primary N) is 1. The Morgan fingerprint density at radius 1 is 1.27 bits per heavy atom. The lowest BCUT2D eigenvalue weighted by Gasteiger charge is -2.21. The number of anilines is 1. The van der Waals surface area contributed by atoms with Crippen LogP contribution in [-0.4, -0.2) is 6.10 Å². The molecule has 0 spiro atoms. The third kappa shape index (κ3) is 2.44. The highest BCUT2D eigenvalue weighted by molar-refractivity contribution is 5.54. The maximum atomic E-state index is 6.02. The fraction of sp³-hybridized carbons (Fsp3) is 0.538. The molecule has 1 fully saturated rings. The highest BCUT2D eigenvalue weighted by Crippen LogP contribution is 2.33. The van der Waals surface area contributed by atoms with E-state index in [-0.39, 0.29) is 5.41 Å². The molecule has 0 radical (unpaired) electrons. The lowest BCUT2D eigenvalue weighted by atomic mass is 9.86. The number of nitrogen functional groups attached to an aromatic ring is 1. The molecule has 1 aliphatic carbocycles. The normalized spacial score (nSPS) is 16.5. The van der Waals surface area contributed by atoms with Crippen molar-refractivity contribution in [2.75, 3.05) is 5.73 Å². The number of hydrogen-bond donors (Lipinski definition) is 1. The minimum Gasteiger partial charge on any atom is -0.490 e. The van der Waals surface area contributed by atoms with Gasteiger partial charge in [-0.2, -0.15) is 0 Å². The number of ether oxygens (including phenoxy) is 1. The van der Waals surface area contributed by atoms with Crippen molar-refractivity contribution < 1.29 is 4.74 Å². The summed E-state index contributed by atoms with van der Waals surface area (Å²) in [5.41, 5.74) is 8.14. The largest absolute Gasteiger partial charge is 0.490 e. The Morgan fingerprint density at radius 3 is 2.40 bits per heavy atom. The third-order valence-electron chi connectivity index (χ3n) is 2.66. The first-order valence-corrected chi connectivity index (χ1v) is 5.53. The zero-order valence-corrected chi connectivity index (χ0v) is 9.71. The summed E-state index contributed by atoms with van der Waals surface area (Å²) >= 11 is 0. The highest BCUT2D eigenvalue weighted by atomic mass is 16.5. The fourth-order valence-electron chi connectivity index (χ4n) is 1.68. The first-order chi connectivity index (χ1) is 6.97. The first-order valence-electron chi connectivity index (χ1n) is 5.53. The molecule has 1 aromatic rings. The van der Waals surface area contributed by atoms with E-state index in [9.17, 15) is 0 Å². The quantitative estimate of drug-likeness (QED) is 0.753. The Balaban J connectivity index is 2.21. The van der Waals surface area contributed by atoms with E-state index in [1.165, 1.54) is 18.4 Å². The molecular formula is C13H19NO. The van der Waals surface area contributed by atoms with Crippen LogP contribution in [0.3, 0.4) is 0 Å². The summed E-state index contributed by atoms with van der Waals surface area (Å²) in [6, 6.07) is 6.04. The van der Waals surface area contributed by atoms with Gasteiger partial charge >= 0.3 is 0 Å². The summed E-state index contributed by atoms with van der Waals surface area (Å²) < 4.78 is 5.69. The van der Waals surface area contributed by atoms with Crippen molar-refractivity contribution in [3.05, 3.63) is 23.8 Å². The van der Waals surface area contributed by atoms with Crippen LogP contribution in [0.2, 0.25) is 0 Å². The van der Waals surface area contributed by atoms with Crippen LogP contribution in [0.15, 0.2) is 18.2 Å². The van der Waals surface area contributed by atoms with E-state index in [4.69, 9.17) is 10.5 Å². The highest BCUT2D eigenvalue weighted by Gasteiger charge is 2.24. The van der Waals surface area contributed by atoms with Crippen LogP contribution in [0.25, 0.3) is 0 Å². The van der Waals surface area contributed by atoms with Gasteiger partial charge in [-0.15, -0.1) is 0 Å². The first kappa shape index (κ1) is 10.3. The molecule has 0 aromatic heterocycles. The van der Waals surface area contributed by atoms with Gasteiger partial charge in [0.25, 0.3) is 0 Å². The molecule has 1 aliphatic rings. The van der Waals surface area contributed by atoms with E-state index in [0.717, 1.165) is 11.4 Å². The summed E-state index contributed by atoms with van der Waals surface area (Å²) in [6.07, 6.45) is 2.80. The Morgan fingerprint density at radius 2 is 1.93 bits per heavy atom. The Hall–Kier alpha value is -1.18. The number of benzene rings is 1. The van der Waals surface area contributed by atoms with Gasteiger partial charge in [0, 0.05) is 11.8 Å². The minimum atomic E-state index is 0.0994. The molecular weight excluding hydrogens is 186 g/mol. The molecule has 0 heterocycles. The molecule has 0 bridgehead atoms. The van der Waals surface area contributed by atoms with Gasteiger partial charge < -0.3 is 10.5 Å². The predicted octanol–water partition coefficient (Wildman–Crippen LogP) is 3.11. The third-order valence-corrected chi connectivity index (χ3v) is 2.66. The van der Waals surface area contributed by atoms with Gasteiger partial charge in [0.05, 0.1) is 6.10 Å². The van der Waals surface area contributed by atoms with E-state index in [2.05, 4.69) is 26.8 Å². The van der Waals surface area contributed by atoms with Gasteiger partial charge in [0.15, 0.2) is 0 Å². The molecule has 0 amide bonds. The summed E-state index contributed by atoms with van der Waals surface area (Å²) in [4.78, 5) is 0. The molecule has 2 heteroatoms. The average Bonchev–Trinajstić information content (AvgIpc) is 2.85. The van der Waals surface area contributed by atoms with Crippen LogP contribution < -0.4 is 10.5 Å². The summed E-state index contributed by atoms with van der Waals surface area (Å²) in [7, 11) is 0. The van der Waals surface area contributed by atoms with Crippen molar-refractivity contribution in [1.29, 1.82) is 0 Å². The van der Waals surface area contributed by atoms with Gasteiger partial charge in [-0.25, -0.2) is 0 Å². The predicted molar refractivity (Wildman–Crippen MR) is 63.2 cm³/mol. The van der Waals surface area contributed by atoms with E-state index >= 15 is 0 Å². The van der Waals surface area contributed by atoms with Crippen molar-refractivity contribution in [2.45, 2.75) is 45.1 Å². The molecule has 15 heavy (non-hydrogen) atoms. The Kier molecular flexibility index (Phi) is 2.37. The molecule has 2 nitrogen and oxygen atoms in total. The van der Waals surface area contributed by atoms with E-state index < -0.39 is 0 Å². The molecule has 0 aliphatic heterocycles. The van der Waals surface area contributed by atoms with Crippen LogP contribution in [-0.2, 0) is 5.41 Å². The van der Waals surface area contributed by atoms with Gasteiger partial charge in [-0.3, -0.25) is 0 Å². The van der Waals surface area contributed by atoms with Gasteiger partial charge in [-0.1, -0.05) is 26.8 Å². The molecule has 1 aromatic carbocycles. The van der Waals surface area contributed by atoms with Gasteiger partial charge in [0.1, 0.15) is 5.75 Å². The molecule has 0 atom stereocenters.